The van der Waals surface area contributed by atoms with E-state index >= 15 is 0 Å². The second-order valence-corrected chi connectivity index (χ2v) is 5.55. The van der Waals surface area contributed by atoms with Crippen LogP contribution in [0, 0.1) is 6.92 Å². The predicted molar refractivity (Wildman–Crippen MR) is 92.9 cm³/mol. The van der Waals surface area contributed by atoms with Crippen molar-refractivity contribution in [3.63, 3.8) is 0 Å². The molecular formula is C19H17N3O2. The van der Waals surface area contributed by atoms with Crippen LogP contribution in [0.1, 0.15) is 11.5 Å². The minimum Gasteiger partial charge on any atom is -0.441 e. The van der Waals surface area contributed by atoms with Crippen LogP contribution < -0.4 is 5.32 Å². The normalized spacial score (nSPS) is 11.0. The van der Waals surface area contributed by atoms with Crippen molar-refractivity contribution in [2.24, 2.45) is 0 Å². The summed E-state index contributed by atoms with van der Waals surface area (Å²) in [6.45, 7) is 2.61. The predicted octanol–water partition coefficient (Wildman–Crippen LogP) is 4.45. The molecular weight excluding hydrogens is 302 g/mol. The Bertz CT molecular complexity index is 924. The van der Waals surface area contributed by atoms with Crippen LogP contribution in [0.2, 0.25) is 0 Å². The number of benzene rings is 2. The van der Waals surface area contributed by atoms with Gasteiger partial charge in [-0.05, 0) is 31.2 Å². The summed E-state index contributed by atoms with van der Waals surface area (Å²) in [7, 11) is 0. The minimum absolute atomic E-state index is 0.528. The molecule has 0 saturated heterocycles. The number of nitrogens with one attached hydrogen (secondary N) is 1. The summed E-state index contributed by atoms with van der Waals surface area (Å²) < 4.78 is 11.4. The summed E-state index contributed by atoms with van der Waals surface area (Å²) in [5.74, 6) is 1.50. The summed E-state index contributed by atoms with van der Waals surface area (Å²) in [6, 6.07) is 18.1. The van der Waals surface area contributed by atoms with Gasteiger partial charge in [0.15, 0.2) is 5.58 Å². The van der Waals surface area contributed by atoms with Crippen molar-refractivity contribution in [1.29, 1.82) is 0 Å². The van der Waals surface area contributed by atoms with Gasteiger partial charge in [0.1, 0.15) is 11.3 Å². The van der Waals surface area contributed by atoms with Gasteiger partial charge in [0.25, 0.3) is 6.01 Å². The molecule has 5 nitrogen and oxygen atoms in total. The van der Waals surface area contributed by atoms with Gasteiger partial charge in [-0.1, -0.05) is 30.3 Å². The van der Waals surface area contributed by atoms with E-state index in [0.29, 0.717) is 18.5 Å². The molecule has 0 radical (unpaired) electrons. The molecule has 0 spiro atoms. The average molecular weight is 319 g/mol. The fourth-order valence-corrected chi connectivity index (χ4v) is 2.60. The molecule has 0 aliphatic rings. The number of aryl methyl sites for hydroxylation is 1. The molecule has 2 aromatic carbocycles. The van der Waals surface area contributed by atoms with Crippen molar-refractivity contribution in [2.45, 2.75) is 13.3 Å². The fourth-order valence-electron chi connectivity index (χ4n) is 2.60. The Balaban J connectivity index is 1.43. The van der Waals surface area contributed by atoms with Crippen LogP contribution in [0.4, 0.5) is 6.01 Å². The maximum Gasteiger partial charge on any atom is 0.295 e. The molecule has 0 aliphatic heterocycles. The van der Waals surface area contributed by atoms with Crippen LogP contribution in [-0.4, -0.2) is 16.5 Å². The number of oxazole rings is 2. The number of nitrogens with zero attached hydrogens (tertiary/aromatic N) is 2. The van der Waals surface area contributed by atoms with Gasteiger partial charge in [0.2, 0.25) is 5.89 Å². The lowest BCUT2D eigenvalue weighted by Crippen LogP contribution is -2.06. The molecule has 0 bridgehead atoms. The Hall–Kier alpha value is -3.08. The van der Waals surface area contributed by atoms with E-state index in [4.69, 9.17) is 8.83 Å². The van der Waals surface area contributed by atoms with Crippen molar-refractivity contribution in [1.82, 2.24) is 9.97 Å². The van der Waals surface area contributed by atoms with E-state index in [1.54, 1.807) is 0 Å². The van der Waals surface area contributed by atoms with Gasteiger partial charge in [-0.15, -0.1) is 0 Å². The lowest BCUT2D eigenvalue weighted by atomic mass is 10.2. The highest BCUT2D eigenvalue weighted by molar-refractivity contribution is 5.74. The van der Waals surface area contributed by atoms with Crippen molar-refractivity contribution in [3.8, 4) is 11.5 Å². The third-order valence-electron chi connectivity index (χ3n) is 3.85. The number of rotatable bonds is 5. The van der Waals surface area contributed by atoms with E-state index < -0.39 is 0 Å². The largest absolute Gasteiger partial charge is 0.441 e. The van der Waals surface area contributed by atoms with Gasteiger partial charge in [-0.2, -0.15) is 4.98 Å². The minimum atomic E-state index is 0.528. The van der Waals surface area contributed by atoms with Crippen LogP contribution in [-0.2, 0) is 6.42 Å². The zero-order valence-electron chi connectivity index (χ0n) is 13.3. The molecule has 2 heterocycles. The molecule has 1 N–H and O–H groups in total. The van der Waals surface area contributed by atoms with Crippen LogP contribution in [0.5, 0.6) is 0 Å². The first-order chi connectivity index (χ1) is 11.8. The van der Waals surface area contributed by atoms with Gasteiger partial charge in [-0.3, -0.25) is 0 Å². The van der Waals surface area contributed by atoms with E-state index in [9.17, 15) is 0 Å². The van der Waals surface area contributed by atoms with Crippen LogP contribution >= 0.6 is 0 Å². The van der Waals surface area contributed by atoms with Crippen molar-refractivity contribution in [2.75, 3.05) is 11.9 Å². The molecule has 120 valence electrons. The molecule has 0 amide bonds. The quantitative estimate of drug-likeness (QED) is 0.589. The number of hydrogen-bond donors (Lipinski definition) is 1. The van der Waals surface area contributed by atoms with E-state index in [1.807, 2.05) is 61.5 Å². The highest BCUT2D eigenvalue weighted by Gasteiger charge is 2.11. The molecule has 0 fully saturated rings. The van der Waals surface area contributed by atoms with Crippen molar-refractivity contribution < 1.29 is 8.83 Å². The molecule has 24 heavy (non-hydrogen) atoms. The van der Waals surface area contributed by atoms with E-state index in [-0.39, 0.29) is 0 Å². The topological polar surface area (TPSA) is 64.1 Å². The zero-order valence-corrected chi connectivity index (χ0v) is 13.3. The van der Waals surface area contributed by atoms with Gasteiger partial charge in [-0.25, -0.2) is 4.98 Å². The second-order valence-electron chi connectivity index (χ2n) is 5.55. The van der Waals surface area contributed by atoms with Crippen LogP contribution in [0.3, 0.4) is 0 Å². The SMILES string of the molecule is Cc1oc(-c2ccccc2)nc1CCNc1nc2ccccc2o1. The lowest BCUT2D eigenvalue weighted by Gasteiger charge is -1.99. The molecule has 2 aromatic heterocycles. The molecule has 5 heteroatoms. The highest BCUT2D eigenvalue weighted by atomic mass is 16.4. The molecule has 0 atom stereocenters. The van der Waals surface area contributed by atoms with E-state index in [1.165, 1.54) is 0 Å². The van der Waals surface area contributed by atoms with Gasteiger partial charge in [0.05, 0.1) is 5.69 Å². The fraction of sp³-hybridized carbons (Fsp3) is 0.158. The first kappa shape index (κ1) is 14.5. The van der Waals surface area contributed by atoms with Gasteiger partial charge >= 0.3 is 0 Å². The summed E-state index contributed by atoms with van der Waals surface area (Å²) in [5.41, 5.74) is 3.56. The Labute approximate surface area is 139 Å². The van der Waals surface area contributed by atoms with E-state index in [2.05, 4.69) is 15.3 Å². The summed E-state index contributed by atoms with van der Waals surface area (Å²) in [6.07, 6.45) is 0.737. The number of hydrogen-bond acceptors (Lipinski definition) is 5. The van der Waals surface area contributed by atoms with Crippen molar-refractivity contribution in [3.05, 3.63) is 66.1 Å². The van der Waals surface area contributed by atoms with Crippen LogP contribution in [0.15, 0.2) is 63.4 Å². The Morgan fingerprint density at radius 2 is 1.71 bits per heavy atom. The molecule has 0 saturated carbocycles. The number of para-hydroxylation sites is 2. The highest BCUT2D eigenvalue weighted by Crippen LogP contribution is 2.22. The third-order valence-corrected chi connectivity index (χ3v) is 3.85. The maximum absolute atomic E-state index is 5.77. The van der Waals surface area contributed by atoms with Crippen LogP contribution in [0.25, 0.3) is 22.6 Å². The molecule has 0 aliphatic carbocycles. The number of anilines is 1. The monoisotopic (exact) mass is 319 g/mol. The van der Waals surface area contributed by atoms with Gasteiger partial charge in [0, 0.05) is 18.5 Å². The van der Waals surface area contributed by atoms with E-state index in [0.717, 1.165) is 34.5 Å². The smallest absolute Gasteiger partial charge is 0.295 e. The average Bonchev–Trinajstić information content (AvgIpc) is 3.19. The number of fused-ring (bicyclic) bond motifs is 1. The first-order valence-corrected chi connectivity index (χ1v) is 7.91. The summed E-state index contributed by atoms with van der Waals surface area (Å²) in [4.78, 5) is 8.99. The Morgan fingerprint density at radius 3 is 2.54 bits per heavy atom. The lowest BCUT2D eigenvalue weighted by molar-refractivity contribution is 0.539. The molecule has 4 aromatic rings. The standard InChI is InChI=1S/C19H17N3O2/c1-13-15(21-18(23-13)14-7-3-2-4-8-14)11-12-20-19-22-16-9-5-6-10-17(16)24-19/h2-10H,11-12H2,1H3,(H,20,22). The first-order valence-electron chi connectivity index (χ1n) is 7.91. The van der Waals surface area contributed by atoms with Gasteiger partial charge < -0.3 is 14.2 Å². The zero-order chi connectivity index (χ0) is 16.4. The molecule has 4 rings (SSSR count). The van der Waals surface area contributed by atoms with Crippen molar-refractivity contribution >= 4 is 17.1 Å². The summed E-state index contributed by atoms with van der Waals surface area (Å²) >= 11 is 0. The third kappa shape index (κ3) is 2.88. The maximum atomic E-state index is 5.77. The second kappa shape index (κ2) is 6.20. The summed E-state index contributed by atoms with van der Waals surface area (Å²) in [5, 5.41) is 3.20. The molecule has 0 unspecified atom stereocenters. The Kier molecular flexibility index (Phi) is 3.75. The number of aromatic nitrogens is 2. The Morgan fingerprint density at radius 1 is 0.917 bits per heavy atom.